The second-order valence-electron chi connectivity index (χ2n) is 6.81. The van der Waals surface area contributed by atoms with Gasteiger partial charge in [-0.25, -0.2) is 14.4 Å². The van der Waals surface area contributed by atoms with E-state index in [0.717, 1.165) is 28.3 Å². The highest BCUT2D eigenvalue weighted by Gasteiger charge is 2.24. The van der Waals surface area contributed by atoms with Crippen LogP contribution in [0.3, 0.4) is 0 Å². The maximum Gasteiger partial charge on any atom is 0.137 e. The van der Waals surface area contributed by atoms with Crippen molar-refractivity contribution in [3.63, 3.8) is 0 Å². The number of hydrogen-bond acceptors (Lipinski definition) is 6. The summed E-state index contributed by atoms with van der Waals surface area (Å²) in [6.07, 6.45) is 5.03. The molecule has 4 aromatic rings. The molecular formula is C19H19FN8. The number of aromatic nitrogens is 6. The van der Waals surface area contributed by atoms with Crippen molar-refractivity contribution in [1.29, 1.82) is 0 Å². The molecule has 0 saturated carbocycles. The third-order valence-electron chi connectivity index (χ3n) is 4.97. The van der Waals surface area contributed by atoms with Crippen LogP contribution in [-0.4, -0.2) is 55.1 Å². The van der Waals surface area contributed by atoms with Crippen LogP contribution in [0.2, 0.25) is 0 Å². The van der Waals surface area contributed by atoms with Crippen LogP contribution in [0.15, 0.2) is 48.9 Å². The molecule has 3 N–H and O–H groups in total. The fourth-order valence-electron chi connectivity index (χ4n) is 3.49. The topological polar surface area (TPSA) is 95.8 Å². The van der Waals surface area contributed by atoms with Gasteiger partial charge in [-0.05, 0) is 37.2 Å². The summed E-state index contributed by atoms with van der Waals surface area (Å²) in [4.78, 5) is 9.17. The normalized spacial score (nSPS) is 19.8. The maximum atomic E-state index is 14.1. The summed E-state index contributed by atoms with van der Waals surface area (Å²) in [5, 5.41) is 17.0. The van der Waals surface area contributed by atoms with Crippen molar-refractivity contribution in [2.45, 2.75) is 18.6 Å². The van der Waals surface area contributed by atoms with Crippen LogP contribution in [-0.2, 0) is 0 Å². The van der Waals surface area contributed by atoms with E-state index >= 15 is 0 Å². The summed E-state index contributed by atoms with van der Waals surface area (Å²) < 4.78 is 16.1. The van der Waals surface area contributed by atoms with Gasteiger partial charge in [-0.2, -0.15) is 15.4 Å². The molecule has 4 aromatic heterocycles. The molecule has 0 aromatic carbocycles. The number of H-pyrrole nitrogens is 1. The van der Waals surface area contributed by atoms with Gasteiger partial charge in [0.25, 0.3) is 0 Å². The van der Waals surface area contributed by atoms with Crippen molar-refractivity contribution in [2.24, 2.45) is 0 Å². The van der Waals surface area contributed by atoms with Gasteiger partial charge in [0.05, 0.1) is 29.8 Å². The number of halogens is 1. The van der Waals surface area contributed by atoms with Crippen LogP contribution in [0.1, 0.15) is 6.42 Å². The highest BCUT2D eigenvalue weighted by atomic mass is 19.1. The van der Waals surface area contributed by atoms with Crippen molar-refractivity contribution < 1.29 is 4.39 Å². The zero-order valence-electron chi connectivity index (χ0n) is 15.0. The van der Waals surface area contributed by atoms with Crippen LogP contribution in [0.25, 0.3) is 28.3 Å². The smallest absolute Gasteiger partial charge is 0.137 e. The first-order valence-electron chi connectivity index (χ1n) is 9.20. The molecule has 1 aliphatic heterocycles. The van der Waals surface area contributed by atoms with E-state index in [1.807, 2.05) is 40.9 Å². The molecule has 0 amide bonds. The number of alkyl halides is 1. The quantitative estimate of drug-likeness (QED) is 0.504. The van der Waals surface area contributed by atoms with E-state index in [0.29, 0.717) is 25.3 Å². The van der Waals surface area contributed by atoms with Gasteiger partial charge in [-0.3, -0.25) is 4.40 Å². The fourth-order valence-corrected chi connectivity index (χ4v) is 3.49. The minimum atomic E-state index is -0.877. The second-order valence-corrected chi connectivity index (χ2v) is 6.81. The van der Waals surface area contributed by atoms with E-state index in [1.165, 1.54) is 0 Å². The summed E-state index contributed by atoms with van der Waals surface area (Å²) in [5.41, 5.74) is 4.12. The first-order chi connectivity index (χ1) is 13.8. The van der Waals surface area contributed by atoms with Crippen LogP contribution in [0.4, 0.5) is 10.2 Å². The molecule has 1 saturated heterocycles. The zero-order valence-corrected chi connectivity index (χ0v) is 15.0. The number of pyridine rings is 2. The molecule has 0 radical (unpaired) electrons. The van der Waals surface area contributed by atoms with E-state index in [9.17, 15) is 4.39 Å². The Morgan fingerprint density at radius 1 is 1.18 bits per heavy atom. The molecule has 5 heterocycles. The number of aromatic amines is 1. The monoisotopic (exact) mass is 378 g/mol. The first kappa shape index (κ1) is 16.8. The van der Waals surface area contributed by atoms with Crippen molar-refractivity contribution in [2.75, 3.05) is 18.4 Å². The number of fused-ring (bicyclic) bond motifs is 1. The zero-order chi connectivity index (χ0) is 18.9. The number of piperidine rings is 1. The maximum absolute atomic E-state index is 14.1. The van der Waals surface area contributed by atoms with E-state index < -0.39 is 6.17 Å². The highest BCUT2D eigenvalue weighted by Crippen LogP contribution is 2.24. The molecule has 8 nitrogen and oxygen atoms in total. The van der Waals surface area contributed by atoms with E-state index in [-0.39, 0.29) is 6.04 Å². The number of nitrogens with zero attached hydrogens (tertiary/aromatic N) is 5. The van der Waals surface area contributed by atoms with Crippen molar-refractivity contribution in [3.05, 3.63) is 48.9 Å². The Morgan fingerprint density at radius 2 is 2.14 bits per heavy atom. The molecule has 1 aliphatic rings. The number of rotatable bonds is 4. The first-order valence-corrected chi connectivity index (χ1v) is 9.20. The molecule has 28 heavy (non-hydrogen) atoms. The molecular weight excluding hydrogens is 359 g/mol. The summed E-state index contributed by atoms with van der Waals surface area (Å²) in [6, 6.07) is 9.33. The van der Waals surface area contributed by atoms with Crippen molar-refractivity contribution in [3.8, 4) is 22.6 Å². The van der Waals surface area contributed by atoms with Gasteiger partial charge in [0.2, 0.25) is 0 Å². The number of imidazole rings is 1. The molecule has 1 fully saturated rings. The number of anilines is 1. The number of hydrogen-bond donors (Lipinski definition) is 3. The summed E-state index contributed by atoms with van der Waals surface area (Å²) >= 11 is 0. The lowest BCUT2D eigenvalue weighted by Gasteiger charge is -2.28. The molecule has 142 valence electrons. The van der Waals surface area contributed by atoms with Crippen LogP contribution < -0.4 is 10.6 Å². The van der Waals surface area contributed by atoms with Gasteiger partial charge in [-0.15, -0.1) is 0 Å². The second kappa shape index (κ2) is 7.01. The van der Waals surface area contributed by atoms with Crippen molar-refractivity contribution in [1.82, 2.24) is 35.1 Å². The third-order valence-corrected chi connectivity index (χ3v) is 4.97. The predicted molar refractivity (Wildman–Crippen MR) is 104 cm³/mol. The average molecular weight is 378 g/mol. The minimum Gasteiger partial charge on any atom is -0.363 e. The Hall–Kier alpha value is -3.33. The lowest BCUT2D eigenvalue weighted by molar-refractivity contribution is 0.241. The van der Waals surface area contributed by atoms with Gasteiger partial charge in [0, 0.05) is 18.3 Å². The lowest BCUT2D eigenvalue weighted by Crippen LogP contribution is -2.46. The fraction of sp³-hybridized carbons (Fsp3) is 0.263. The molecule has 9 heteroatoms. The summed E-state index contributed by atoms with van der Waals surface area (Å²) in [7, 11) is 0. The minimum absolute atomic E-state index is 0.274. The van der Waals surface area contributed by atoms with E-state index in [2.05, 4.69) is 36.0 Å². The molecule has 0 aliphatic carbocycles. The van der Waals surface area contributed by atoms with Gasteiger partial charge in [0.1, 0.15) is 23.3 Å². The molecule has 0 bridgehead atoms. The predicted octanol–water partition coefficient (Wildman–Crippen LogP) is 2.29. The summed E-state index contributed by atoms with van der Waals surface area (Å²) in [5.74, 6) is 0.656. The van der Waals surface area contributed by atoms with Crippen molar-refractivity contribution >= 4 is 11.5 Å². The van der Waals surface area contributed by atoms with E-state index in [1.54, 1.807) is 12.4 Å². The number of nitrogens with one attached hydrogen (secondary N) is 3. The van der Waals surface area contributed by atoms with Gasteiger partial charge < -0.3 is 10.6 Å². The van der Waals surface area contributed by atoms with E-state index in [4.69, 9.17) is 0 Å². The lowest BCUT2D eigenvalue weighted by atomic mass is 10.1. The molecule has 2 atom stereocenters. The van der Waals surface area contributed by atoms with Gasteiger partial charge >= 0.3 is 0 Å². The molecule has 0 unspecified atom stereocenters. The summed E-state index contributed by atoms with van der Waals surface area (Å²) in [6.45, 7) is 1.30. The Bertz CT molecular complexity index is 1090. The Kier molecular flexibility index (Phi) is 4.21. The van der Waals surface area contributed by atoms with Crippen LogP contribution in [0.5, 0.6) is 0 Å². The van der Waals surface area contributed by atoms with Gasteiger partial charge in [0.15, 0.2) is 0 Å². The Balaban J connectivity index is 1.45. The largest absolute Gasteiger partial charge is 0.363 e. The van der Waals surface area contributed by atoms with Gasteiger partial charge in [-0.1, -0.05) is 6.07 Å². The Labute approximate surface area is 160 Å². The Morgan fingerprint density at radius 3 is 3.00 bits per heavy atom. The molecule has 0 spiro atoms. The SMILES string of the molecule is F[C@H]1CCNC[C@@H]1Nc1cccc(-c2cnc3cc(-c4cn[nH]n4)ccn23)n1. The standard InChI is InChI=1S/C19H19FN8/c20-13-4-6-21-9-16(13)25-18-3-1-2-14(24-18)17-11-22-19-8-12(5-7-28(17)19)15-10-23-27-26-15/h1-3,5,7-8,10-11,13,16,21H,4,6,9H2,(H,24,25)(H,23,26,27)/t13-,16-/m0/s1. The van der Waals surface area contributed by atoms with Crippen LogP contribution in [0, 0.1) is 0 Å². The molecule has 5 rings (SSSR count). The average Bonchev–Trinajstić information content (AvgIpc) is 3.39. The van der Waals surface area contributed by atoms with Crippen LogP contribution >= 0.6 is 0 Å². The highest BCUT2D eigenvalue weighted by molar-refractivity contribution is 5.67. The third kappa shape index (κ3) is 3.09.